The number of nitro groups is 1. The molecule has 8 heteroatoms. The van der Waals surface area contributed by atoms with E-state index in [1.165, 1.54) is 6.07 Å². The molecule has 114 valence electrons. The van der Waals surface area contributed by atoms with Gasteiger partial charge in [-0.25, -0.2) is 4.98 Å². The molecule has 0 aliphatic heterocycles. The molecular weight excluding hydrogens is 286 g/mol. The van der Waals surface area contributed by atoms with Crippen molar-refractivity contribution in [3.05, 3.63) is 58.0 Å². The molecule has 0 saturated heterocycles. The highest BCUT2D eigenvalue weighted by Gasteiger charge is 2.14. The Hall–Kier alpha value is -3.03. The van der Waals surface area contributed by atoms with Gasteiger partial charge in [-0.05, 0) is 13.0 Å². The van der Waals surface area contributed by atoms with Gasteiger partial charge in [0.2, 0.25) is 0 Å². The zero-order valence-corrected chi connectivity index (χ0v) is 11.9. The van der Waals surface area contributed by atoms with Gasteiger partial charge in [-0.15, -0.1) is 0 Å². The lowest BCUT2D eigenvalue weighted by Crippen LogP contribution is -2.29. The lowest BCUT2D eigenvalue weighted by molar-refractivity contribution is -0.385. The van der Waals surface area contributed by atoms with Crippen molar-refractivity contribution >= 4 is 17.4 Å². The molecule has 0 aliphatic carbocycles. The fraction of sp³-hybridized carbons (Fsp3) is 0.214. The van der Waals surface area contributed by atoms with Gasteiger partial charge in [0, 0.05) is 42.7 Å². The molecule has 0 atom stereocenters. The fourth-order valence-corrected chi connectivity index (χ4v) is 1.81. The first-order chi connectivity index (χ1) is 10.6. The third-order valence-corrected chi connectivity index (χ3v) is 2.95. The summed E-state index contributed by atoms with van der Waals surface area (Å²) in [5, 5.41) is 16.5. The SMILES string of the molecule is Cc1ccc(C(=O)NCCNc2cnccn2)cc1[N+](=O)[O-]. The number of carbonyl (C=O) groups excluding carboxylic acids is 1. The molecule has 22 heavy (non-hydrogen) atoms. The molecule has 0 fully saturated rings. The number of aryl methyl sites for hydroxylation is 1. The largest absolute Gasteiger partial charge is 0.367 e. The normalized spacial score (nSPS) is 10.0. The van der Waals surface area contributed by atoms with Gasteiger partial charge in [0.25, 0.3) is 11.6 Å². The predicted molar refractivity (Wildman–Crippen MR) is 80.7 cm³/mol. The van der Waals surface area contributed by atoms with Crippen LogP contribution in [0, 0.1) is 17.0 Å². The maximum atomic E-state index is 12.0. The van der Waals surface area contributed by atoms with E-state index >= 15 is 0 Å². The monoisotopic (exact) mass is 301 g/mol. The minimum absolute atomic E-state index is 0.0645. The number of hydrogen-bond acceptors (Lipinski definition) is 6. The molecule has 0 saturated carbocycles. The summed E-state index contributed by atoms with van der Waals surface area (Å²) in [7, 11) is 0. The Kier molecular flexibility index (Phi) is 4.97. The maximum absolute atomic E-state index is 12.0. The number of hydrogen-bond donors (Lipinski definition) is 2. The predicted octanol–water partition coefficient (Wildman–Crippen LogP) is 1.54. The smallest absolute Gasteiger partial charge is 0.273 e. The molecule has 2 rings (SSSR count). The molecule has 1 aromatic heterocycles. The van der Waals surface area contributed by atoms with Crippen LogP contribution in [0.15, 0.2) is 36.8 Å². The molecule has 0 unspecified atom stereocenters. The number of amides is 1. The van der Waals surface area contributed by atoms with Crippen LogP contribution >= 0.6 is 0 Å². The summed E-state index contributed by atoms with van der Waals surface area (Å²) >= 11 is 0. The molecule has 0 aliphatic rings. The van der Waals surface area contributed by atoms with Crippen LogP contribution in [0.4, 0.5) is 11.5 Å². The van der Waals surface area contributed by atoms with Gasteiger partial charge in [0.1, 0.15) is 5.82 Å². The third kappa shape index (κ3) is 3.98. The Labute approximate surface area is 126 Å². The second-order valence-electron chi connectivity index (χ2n) is 4.53. The van der Waals surface area contributed by atoms with Gasteiger partial charge in [0.15, 0.2) is 0 Å². The quantitative estimate of drug-likeness (QED) is 0.475. The number of carbonyl (C=O) groups is 1. The lowest BCUT2D eigenvalue weighted by atomic mass is 10.1. The second-order valence-corrected chi connectivity index (χ2v) is 4.53. The van der Waals surface area contributed by atoms with Gasteiger partial charge >= 0.3 is 0 Å². The van der Waals surface area contributed by atoms with E-state index in [1.807, 2.05) is 0 Å². The molecule has 8 nitrogen and oxygen atoms in total. The zero-order chi connectivity index (χ0) is 15.9. The Morgan fingerprint density at radius 3 is 2.82 bits per heavy atom. The average molecular weight is 301 g/mol. The molecule has 1 heterocycles. The third-order valence-electron chi connectivity index (χ3n) is 2.95. The molecule has 1 aromatic carbocycles. The van der Waals surface area contributed by atoms with E-state index in [9.17, 15) is 14.9 Å². The number of nitrogens with zero attached hydrogens (tertiary/aromatic N) is 3. The Balaban J connectivity index is 1.87. The van der Waals surface area contributed by atoms with Crippen molar-refractivity contribution in [2.45, 2.75) is 6.92 Å². The Bertz CT molecular complexity index is 675. The number of aromatic nitrogens is 2. The van der Waals surface area contributed by atoms with E-state index in [1.54, 1.807) is 37.6 Å². The first kappa shape index (κ1) is 15.4. The highest BCUT2D eigenvalue weighted by Crippen LogP contribution is 2.19. The van der Waals surface area contributed by atoms with Crippen molar-refractivity contribution in [1.82, 2.24) is 15.3 Å². The standard InChI is InChI=1S/C14H15N5O3/c1-10-2-3-11(8-12(10)19(21)22)14(20)18-7-6-17-13-9-15-4-5-16-13/h2-5,8-9H,6-7H2,1H3,(H,16,17)(H,18,20). The minimum atomic E-state index is -0.498. The number of nitrogens with one attached hydrogen (secondary N) is 2. The van der Waals surface area contributed by atoms with Crippen molar-refractivity contribution in [3.8, 4) is 0 Å². The number of rotatable bonds is 6. The number of nitro benzene ring substituents is 1. The first-order valence-electron chi connectivity index (χ1n) is 6.61. The topological polar surface area (TPSA) is 110 Å². The molecule has 2 aromatic rings. The van der Waals surface area contributed by atoms with E-state index in [0.29, 0.717) is 24.5 Å². The summed E-state index contributed by atoms with van der Waals surface area (Å²) in [6.45, 7) is 2.46. The summed E-state index contributed by atoms with van der Waals surface area (Å²) in [6, 6.07) is 4.40. The van der Waals surface area contributed by atoms with Gasteiger partial charge in [-0.2, -0.15) is 0 Å². The van der Waals surface area contributed by atoms with Crippen molar-refractivity contribution in [2.24, 2.45) is 0 Å². The molecular formula is C14H15N5O3. The van der Waals surface area contributed by atoms with Gasteiger partial charge < -0.3 is 10.6 Å². The highest BCUT2D eigenvalue weighted by atomic mass is 16.6. The first-order valence-corrected chi connectivity index (χ1v) is 6.61. The van der Waals surface area contributed by atoms with Crippen LogP contribution in [0.3, 0.4) is 0 Å². The minimum Gasteiger partial charge on any atom is -0.367 e. The van der Waals surface area contributed by atoms with E-state index in [0.717, 1.165) is 0 Å². The fourth-order valence-electron chi connectivity index (χ4n) is 1.81. The van der Waals surface area contributed by atoms with Crippen LogP contribution in [0.5, 0.6) is 0 Å². The summed E-state index contributed by atoms with van der Waals surface area (Å²) in [6.07, 6.45) is 4.70. The lowest BCUT2D eigenvalue weighted by Gasteiger charge is -2.07. The van der Waals surface area contributed by atoms with Crippen molar-refractivity contribution in [2.75, 3.05) is 18.4 Å². The van der Waals surface area contributed by atoms with E-state index in [-0.39, 0.29) is 17.2 Å². The molecule has 2 N–H and O–H groups in total. The Morgan fingerprint density at radius 1 is 1.32 bits per heavy atom. The molecule has 0 bridgehead atoms. The molecule has 0 radical (unpaired) electrons. The summed E-state index contributed by atoms with van der Waals surface area (Å²) < 4.78 is 0. The Morgan fingerprint density at radius 2 is 2.14 bits per heavy atom. The van der Waals surface area contributed by atoms with Crippen LogP contribution < -0.4 is 10.6 Å². The summed E-state index contributed by atoms with van der Waals surface area (Å²) in [5.74, 6) is 0.256. The van der Waals surface area contributed by atoms with Gasteiger partial charge in [-0.1, -0.05) is 6.07 Å². The zero-order valence-electron chi connectivity index (χ0n) is 11.9. The van der Waals surface area contributed by atoms with Gasteiger partial charge in [-0.3, -0.25) is 19.9 Å². The van der Waals surface area contributed by atoms with Crippen LogP contribution in [-0.4, -0.2) is 33.9 Å². The van der Waals surface area contributed by atoms with E-state index in [2.05, 4.69) is 20.6 Å². The maximum Gasteiger partial charge on any atom is 0.273 e. The summed E-state index contributed by atoms with van der Waals surface area (Å²) in [5.41, 5.74) is 0.716. The van der Waals surface area contributed by atoms with Crippen LogP contribution in [-0.2, 0) is 0 Å². The van der Waals surface area contributed by atoms with Gasteiger partial charge in [0.05, 0.1) is 11.1 Å². The van der Waals surface area contributed by atoms with Crippen molar-refractivity contribution in [3.63, 3.8) is 0 Å². The second kappa shape index (κ2) is 7.11. The molecule has 0 spiro atoms. The number of anilines is 1. The van der Waals surface area contributed by atoms with Crippen LogP contribution in [0.25, 0.3) is 0 Å². The highest BCUT2D eigenvalue weighted by molar-refractivity contribution is 5.95. The van der Waals surface area contributed by atoms with Crippen LogP contribution in [0.1, 0.15) is 15.9 Å². The summed E-state index contributed by atoms with van der Waals surface area (Å²) in [4.78, 5) is 30.3. The number of benzene rings is 1. The van der Waals surface area contributed by atoms with Crippen LogP contribution in [0.2, 0.25) is 0 Å². The molecule has 1 amide bonds. The van der Waals surface area contributed by atoms with Crippen molar-refractivity contribution < 1.29 is 9.72 Å². The van der Waals surface area contributed by atoms with E-state index in [4.69, 9.17) is 0 Å². The van der Waals surface area contributed by atoms with E-state index < -0.39 is 4.92 Å². The average Bonchev–Trinajstić information content (AvgIpc) is 2.52. The van der Waals surface area contributed by atoms with Crippen molar-refractivity contribution in [1.29, 1.82) is 0 Å².